The Morgan fingerprint density at radius 1 is 1.19 bits per heavy atom. The van der Waals surface area contributed by atoms with Gasteiger partial charge < -0.3 is 10.2 Å². The van der Waals surface area contributed by atoms with Gasteiger partial charge in [-0.15, -0.1) is 11.3 Å². The number of aryl methyl sites for hydroxylation is 1. The van der Waals surface area contributed by atoms with Gasteiger partial charge in [0, 0.05) is 37.5 Å². The molecule has 1 fully saturated rings. The third-order valence-corrected chi connectivity index (χ3v) is 6.96. The zero-order chi connectivity index (χ0) is 22.0. The lowest BCUT2D eigenvalue weighted by atomic mass is 9.95. The van der Waals surface area contributed by atoms with Crippen LogP contribution in [0.25, 0.3) is 10.2 Å². The van der Waals surface area contributed by atoms with Gasteiger partial charge in [0.05, 0.1) is 10.6 Å². The zero-order valence-electron chi connectivity index (χ0n) is 18.4. The molecular formula is C24H30N4O2S. The van der Waals surface area contributed by atoms with Gasteiger partial charge >= 0.3 is 0 Å². The van der Waals surface area contributed by atoms with Gasteiger partial charge in [-0.1, -0.05) is 44.2 Å². The van der Waals surface area contributed by atoms with Crippen molar-refractivity contribution in [2.75, 3.05) is 13.1 Å². The molecule has 4 rings (SSSR count). The highest BCUT2D eigenvalue weighted by atomic mass is 32.1. The summed E-state index contributed by atoms with van der Waals surface area (Å²) in [7, 11) is 0. The highest BCUT2D eigenvalue weighted by Gasteiger charge is 2.29. The maximum atomic E-state index is 13.1. The zero-order valence-corrected chi connectivity index (χ0v) is 19.2. The first-order chi connectivity index (χ1) is 14.9. The van der Waals surface area contributed by atoms with Crippen LogP contribution in [0.3, 0.4) is 0 Å². The monoisotopic (exact) mass is 438 g/mol. The molecule has 6 nitrogen and oxygen atoms in total. The number of amides is 2. The van der Waals surface area contributed by atoms with Crippen molar-refractivity contribution in [1.29, 1.82) is 0 Å². The summed E-state index contributed by atoms with van der Waals surface area (Å²) >= 11 is 1.53. The second-order valence-corrected chi connectivity index (χ2v) is 9.79. The highest BCUT2D eigenvalue weighted by molar-refractivity contribution is 7.20. The summed E-state index contributed by atoms with van der Waals surface area (Å²) in [5, 5.41) is 8.74. The molecule has 3 heterocycles. The molecule has 0 aliphatic carbocycles. The van der Waals surface area contributed by atoms with Crippen molar-refractivity contribution in [2.45, 2.75) is 46.7 Å². The molecular weight excluding hydrogens is 408 g/mol. The van der Waals surface area contributed by atoms with Crippen molar-refractivity contribution in [3.05, 3.63) is 52.5 Å². The number of piperidine rings is 1. The van der Waals surface area contributed by atoms with E-state index >= 15 is 0 Å². The Balaban J connectivity index is 1.35. The number of likely N-dealkylation sites (tertiary alicyclic amines) is 1. The van der Waals surface area contributed by atoms with E-state index in [-0.39, 0.29) is 17.7 Å². The Morgan fingerprint density at radius 3 is 2.58 bits per heavy atom. The van der Waals surface area contributed by atoms with Gasteiger partial charge in [-0.2, -0.15) is 5.10 Å². The Labute approximate surface area is 187 Å². The molecule has 1 aliphatic rings. The van der Waals surface area contributed by atoms with Crippen LogP contribution in [0.15, 0.2) is 36.4 Å². The third-order valence-electron chi connectivity index (χ3n) is 5.82. The Morgan fingerprint density at radius 2 is 1.90 bits per heavy atom. The predicted molar refractivity (Wildman–Crippen MR) is 124 cm³/mol. The van der Waals surface area contributed by atoms with Crippen LogP contribution in [0.2, 0.25) is 0 Å². The number of fused-ring (bicyclic) bond motifs is 1. The van der Waals surface area contributed by atoms with Crippen LogP contribution in [0, 0.1) is 18.8 Å². The molecule has 1 aromatic carbocycles. The van der Waals surface area contributed by atoms with Crippen molar-refractivity contribution in [3.8, 4) is 0 Å². The molecule has 1 saturated heterocycles. The molecule has 0 saturated carbocycles. The van der Waals surface area contributed by atoms with Crippen LogP contribution in [-0.4, -0.2) is 39.6 Å². The number of hydrogen-bond acceptors (Lipinski definition) is 4. The van der Waals surface area contributed by atoms with Crippen molar-refractivity contribution in [1.82, 2.24) is 20.0 Å². The fourth-order valence-corrected chi connectivity index (χ4v) is 5.26. The molecule has 7 heteroatoms. The van der Waals surface area contributed by atoms with E-state index in [1.807, 2.05) is 52.9 Å². The summed E-state index contributed by atoms with van der Waals surface area (Å²) in [4.78, 5) is 29.4. The largest absolute Gasteiger partial charge is 0.352 e. The minimum absolute atomic E-state index is 0.0305. The van der Waals surface area contributed by atoms with Crippen LogP contribution in [0.4, 0.5) is 0 Å². The molecule has 0 atom stereocenters. The van der Waals surface area contributed by atoms with Crippen molar-refractivity contribution in [3.63, 3.8) is 0 Å². The van der Waals surface area contributed by atoms with Crippen molar-refractivity contribution < 1.29 is 9.59 Å². The smallest absolute Gasteiger partial charge is 0.264 e. The lowest BCUT2D eigenvalue weighted by Gasteiger charge is -2.31. The van der Waals surface area contributed by atoms with Crippen LogP contribution < -0.4 is 5.32 Å². The number of carbonyl (C=O) groups excluding carboxylic acids is 2. The topological polar surface area (TPSA) is 67.2 Å². The minimum atomic E-state index is -0.0305. The van der Waals surface area contributed by atoms with Gasteiger partial charge in [0.25, 0.3) is 5.91 Å². The van der Waals surface area contributed by atoms with Gasteiger partial charge in [0.15, 0.2) is 0 Å². The SMILES string of the molecule is Cc1nn(CC(C)C)c2sc(C(=O)N3CCC(C(=O)NCc4ccccc4)CC3)cc12. The standard InChI is InChI=1S/C24H30N4O2S/c1-16(2)15-28-24-20(17(3)26-28)13-21(31-24)23(30)27-11-9-19(10-12-27)22(29)25-14-18-7-5-4-6-8-18/h4-8,13,16,19H,9-12,14-15H2,1-3H3,(H,25,29). The summed E-state index contributed by atoms with van der Waals surface area (Å²) in [6.07, 6.45) is 1.41. The molecule has 3 aromatic rings. The highest BCUT2D eigenvalue weighted by Crippen LogP contribution is 2.30. The second kappa shape index (κ2) is 9.22. The van der Waals surface area contributed by atoms with Gasteiger partial charge in [-0.25, -0.2) is 0 Å². The third kappa shape index (κ3) is 4.82. The number of nitrogens with zero attached hydrogens (tertiary/aromatic N) is 3. The van der Waals surface area contributed by atoms with Crippen molar-refractivity contribution >= 4 is 33.4 Å². The fraction of sp³-hybridized carbons (Fsp3) is 0.458. The van der Waals surface area contributed by atoms with Gasteiger partial charge in [0.2, 0.25) is 5.91 Å². The molecule has 0 spiro atoms. The van der Waals surface area contributed by atoms with E-state index < -0.39 is 0 Å². The molecule has 1 N–H and O–H groups in total. The average Bonchev–Trinajstić information content (AvgIpc) is 3.33. The number of thiophene rings is 1. The number of carbonyl (C=O) groups is 2. The second-order valence-electron chi connectivity index (χ2n) is 8.76. The normalized spacial score (nSPS) is 15.0. The quantitative estimate of drug-likeness (QED) is 0.626. The molecule has 0 radical (unpaired) electrons. The summed E-state index contributed by atoms with van der Waals surface area (Å²) in [5.74, 6) is 0.620. The first-order valence-corrected chi connectivity index (χ1v) is 11.8. The van der Waals surface area contributed by atoms with E-state index in [1.54, 1.807) is 0 Å². The van der Waals surface area contributed by atoms with Crippen LogP contribution in [-0.2, 0) is 17.9 Å². The number of hydrogen-bond donors (Lipinski definition) is 1. The van der Waals surface area contributed by atoms with E-state index in [0.29, 0.717) is 38.4 Å². The van der Waals surface area contributed by atoms with Crippen LogP contribution >= 0.6 is 11.3 Å². The maximum Gasteiger partial charge on any atom is 0.264 e. The lowest BCUT2D eigenvalue weighted by Crippen LogP contribution is -2.42. The van der Waals surface area contributed by atoms with Gasteiger partial charge in [0.1, 0.15) is 4.83 Å². The van der Waals surface area contributed by atoms with Crippen LogP contribution in [0.5, 0.6) is 0 Å². The molecule has 0 unspecified atom stereocenters. The predicted octanol–water partition coefficient (Wildman–Crippen LogP) is 4.23. The molecule has 164 valence electrons. The van der Waals surface area contributed by atoms with E-state index in [4.69, 9.17) is 0 Å². The number of nitrogens with one attached hydrogen (secondary N) is 1. The summed E-state index contributed by atoms with van der Waals surface area (Å²) < 4.78 is 2.03. The maximum absolute atomic E-state index is 13.1. The van der Waals surface area contributed by atoms with E-state index in [0.717, 1.165) is 32.9 Å². The fourth-order valence-electron chi connectivity index (χ4n) is 4.12. The molecule has 0 bridgehead atoms. The number of rotatable bonds is 6. The van der Waals surface area contributed by atoms with Gasteiger partial charge in [-0.05, 0) is 37.3 Å². The summed E-state index contributed by atoms with van der Waals surface area (Å²) in [6.45, 7) is 8.97. The first-order valence-electron chi connectivity index (χ1n) is 11.0. The van der Waals surface area contributed by atoms with Crippen LogP contribution in [0.1, 0.15) is 47.6 Å². The Hall–Kier alpha value is -2.67. The Kier molecular flexibility index (Phi) is 6.41. The number of aromatic nitrogens is 2. The first kappa shape index (κ1) is 21.6. The van der Waals surface area contributed by atoms with Gasteiger partial charge in [-0.3, -0.25) is 14.3 Å². The Bertz CT molecular complexity index is 1060. The molecule has 1 aliphatic heterocycles. The average molecular weight is 439 g/mol. The van der Waals surface area contributed by atoms with E-state index in [1.165, 1.54) is 11.3 Å². The lowest BCUT2D eigenvalue weighted by molar-refractivity contribution is -0.126. The molecule has 2 amide bonds. The summed E-state index contributed by atoms with van der Waals surface area (Å²) in [5.41, 5.74) is 2.07. The van der Waals surface area contributed by atoms with E-state index in [2.05, 4.69) is 24.3 Å². The number of benzene rings is 1. The molecule has 2 aromatic heterocycles. The van der Waals surface area contributed by atoms with E-state index in [9.17, 15) is 9.59 Å². The van der Waals surface area contributed by atoms with Crippen molar-refractivity contribution in [2.24, 2.45) is 11.8 Å². The molecule has 31 heavy (non-hydrogen) atoms. The summed E-state index contributed by atoms with van der Waals surface area (Å²) in [6, 6.07) is 11.9. The minimum Gasteiger partial charge on any atom is -0.352 e.